The zero-order chi connectivity index (χ0) is 9.26. The molecule has 1 heterocycles. The summed E-state index contributed by atoms with van der Waals surface area (Å²) in [5.74, 6) is 0.212. The van der Waals surface area contributed by atoms with Gasteiger partial charge in [0.2, 0.25) is 0 Å². The number of para-hydroxylation sites is 1. The molecule has 0 aliphatic carbocycles. The molecular formula is C8H6CuN2O2. The van der Waals surface area contributed by atoms with Crippen molar-refractivity contribution in [3.05, 3.63) is 24.3 Å². The van der Waals surface area contributed by atoms with Gasteiger partial charge in [0.05, 0.1) is 0 Å². The molecule has 5 heteroatoms. The second-order valence-electron chi connectivity index (χ2n) is 2.48. The summed E-state index contributed by atoms with van der Waals surface area (Å²) in [7, 11) is 0. The van der Waals surface area contributed by atoms with Gasteiger partial charge in [-0.05, 0) is 0 Å². The van der Waals surface area contributed by atoms with E-state index in [0.29, 0.717) is 5.69 Å². The Morgan fingerprint density at radius 3 is 2.85 bits per heavy atom. The first-order chi connectivity index (χ1) is 6.36. The summed E-state index contributed by atoms with van der Waals surface area (Å²) in [6.07, 6.45) is 0. The quantitative estimate of drug-likeness (QED) is 0.465. The monoisotopic (exact) mass is 225 g/mol. The van der Waals surface area contributed by atoms with Gasteiger partial charge in [-0.15, -0.1) is 0 Å². The Hall–Kier alpha value is -1.16. The van der Waals surface area contributed by atoms with E-state index in [1.54, 1.807) is 0 Å². The number of hydrogen-bond donors (Lipinski definition) is 2. The van der Waals surface area contributed by atoms with E-state index in [0.717, 1.165) is 10.9 Å². The summed E-state index contributed by atoms with van der Waals surface area (Å²) >= 11 is 4.54. The summed E-state index contributed by atoms with van der Waals surface area (Å²) in [6, 6.07) is 7.32. The van der Waals surface area contributed by atoms with E-state index in [1.807, 2.05) is 29.7 Å². The summed E-state index contributed by atoms with van der Waals surface area (Å²) < 4.78 is 4.55. The maximum absolute atomic E-state index is 8.82. The molecule has 4 nitrogen and oxygen atoms in total. The van der Waals surface area contributed by atoms with E-state index in [2.05, 4.69) is 24.4 Å². The standard InChI is InChI=1S/C8H7N2O2.Cu/c11-8-7(10-12)5-3-1-2-4-6(5)9-8;/h1-4,10-12H;/q-1;+2/p-1. The van der Waals surface area contributed by atoms with Gasteiger partial charge in [-0.1, -0.05) is 0 Å². The van der Waals surface area contributed by atoms with Crippen LogP contribution in [0.5, 0.6) is 5.88 Å². The number of anilines is 1. The molecule has 2 aromatic rings. The summed E-state index contributed by atoms with van der Waals surface area (Å²) in [5.41, 5.74) is 3.15. The number of nitrogens with one attached hydrogen (secondary N) is 1. The van der Waals surface area contributed by atoms with Crippen molar-refractivity contribution in [3.8, 4) is 5.88 Å². The molecule has 0 aliphatic rings. The van der Waals surface area contributed by atoms with Gasteiger partial charge in [0.1, 0.15) is 0 Å². The molecule has 1 aromatic carbocycles. The fraction of sp³-hybridized carbons (Fsp3) is 0. The Morgan fingerprint density at radius 1 is 1.38 bits per heavy atom. The summed E-state index contributed by atoms with van der Waals surface area (Å²) in [4.78, 5) is 4.05. The molecule has 0 atom stereocenters. The molecule has 2 rings (SSSR count). The molecule has 0 spiro atoms. The minimum absolute atomic E-state index is 0.212. The maximum atomic E-state index is 8.82. The van der Waals surface area contributed by atoms with Crippen molar-refractivity contribution >= 4 is 16.6 Å². The molecular weight excluding hydrogens is 220 g/mol. The van der Waals surface area contributed by atoms with Crippen LogP contribution in [0.2, 0.25) is 0 Å². The average molecular weight is 226 g/mol. The molecule has 0 amide bonds. The van der Waals surface area contributed by atoms with Gasteiger partial charge in [-0.2, -0.15) is 0 Å². The van der Waals surface area contributed by atoms with Gasteiger partial charge in [0.25, 0.3) is 0 Å². The van der Waals surface area contributed by atoms with Gasteiger partial charge in [0.15, 0.2) is 0 Å². The van der Waals surface area contributed by atoms with Gasteiger partial charge in [-0.3, -0.25) is 0 Å². The number of fused-ring (bicyclic) bond motifs is 1. The third kappa shape index (κ3) is 1.27. The van der Waals surface area contributed by atoms with Gasteiger partial charge >= 0.3 is 81.8 Å². The zero-order valence-electron chi connectivity index (χ0n) is 6.41. The SMILES string of the molecule is ONc1c([O+]=[Cu])[n-]c2ccccc12. The minimum atomic E-state index is 0.212. The Morgan fingerprint density at radius 2 is 2.15 bits per heavy atom. The first kappa shape index (κ1) is 8.44. The normalized spacial score (nSPS) is 10.4. The van der Waals surface area contributed by atoms with E-state index in [4.69, 9.17) is 5.21 Å². The Labute approximate surface area is 82.2 Å². The molecule has 0 unspecified atom stereocenters. The van der Waals surface area contributed by atoms with Crippen molar-refractivity contribution in [2.24, 2.45) is 0 Å². The van der Waals surface area contributed by atoms with Crippen molar-refractivity contribution < 1.29 is 24.6 Å². The molecule has 71 valence electrons. The fourth-order valence-corrected chi connectivity index (χ4v) is 1.35. The van der Waals surface area contributed by atoms with Crippen molar-refractivity contribution in [1.82, 2.24) is 4.98 Å². The van der Waals surface area contributed by atoms with Crippen LogP contribution in [0.1, 0.15) is 0 Å². The van der Waals surface area contributed by atoms with Crippen LogP contribution in [0.4, 0.5) is 5.69 Å². The van der Waals surface area contributed by atoms with Gasteiger partial charge < -0.3 is 0 Å². The van der Waals surface area contributed by atoms with Crippen LogP contribution < -0.4 is 10.5 Å². The number of hydrogen-bond acceptors (Lipinski definition) is 2. The van der Waals surface area contributed by atoms with Crippen molar-refractivity contribution in [2.75, 3.05) is 5.48 Å². The van der Waals surface area contributed by atoms with Crippen LogP contribution >= 0.6 is 0 Å². The Bertz CT molecular complexity index is 452. The zero-order valence-corrected chi connectivity index (χ0v) is 7.36. The van der Waals surface area contributed by atoms with Crippen molar-refractivity contribution in [1.29, 1.82) is 0 Å². The fourth-order valence-electron chi connectivity index (χ4n) is 1.22. The van der Waals surface area contributed by atoms with E-state index in [-0.39, 0.29) is 5.88 Å². The molecule has 0 saturated carbocycles. The summed E-state index contributed by atoms with van der Waals surface area (Å²) in [5, 5.41) is 9.60. The molecule has 13 heavy (non-hydrogen) atoms. The number of nitrogens with zero attached hydrogens (tertiary/aromatic N) is 1. The Kier molecular flexibility index (Phi) is 2.14. The molecule has 0 aliphatic heterocycles. The third-order valence-corrected chi connectivity index (χ3v) is 1.96. The molecule has 0 bridgehead atoms. The Balaban J connectivity index is 2.81. The first-order valence-electron chi connectivity index (χ1n) is 3.58. The van der Waals surface area contributed by atoms with Gasteiger partial charge in [-0.25, -0.2) is 0 Å². The van der Waals surface area contributed by atoms with Crippen LogP contribution in [0.3, 0.4) is 0 Å². The van der Waals surface area contributed by atoms with Crippen LogP contribution in [-0.2, 0) is 19.4 Å². The predicted octanol–water partition coefficient (Wildman–Crippen LogP) is 1.74. The van der Waals surface area contributed by atoms with E-state index < -0.39 is 0 Å². The molecule has 0 fully saturated rings. The number of rotatable bonds is 2. The second-order valence-corrected chi connectivity index (χ2v) is 2.67. The first-order valence-corrected chi connectivity index (χ1v) is 3.96. The topological polar surface area (TPSA) is 57.7 Å². The third-order valence-electron chi connectivity index (χ3n) is 1.78. The van der Waals surface area contributed by atoms with Crippen LogP contribution in [0.25, 0.3) is 10.9 Å². The van der Waals surface area contributed by atoms with Crippen molar-refractivity contribution in [3.63, 3.8) is 0 Å². The second kappa shape index (κ2) is 3.30. The average Bonchev–Trinajstić information content (AvgIpc) is 2.55. The predicted molar refractivity (Wildman–Crippen MR) is 42.8 cm³/mol. The van der Waals surface area contributed by atoms with E-state index >= 15 is 0 Å². The van der Waals surface area contributed by atoms with Crippen LogP contribution in [0, 0.1) is 0 Å². The summed E-state index contributed by atoms with van der Waals surface area (Å²) in [6.45, 7) is 0. The van der Waals surface area contributed by atoms with E-state index in [9.17, 15) is 0 Å². The van der Waals surface area contributed by atoms with Crippen LogP contribution in [0.15, 0.2) is 24.3 Å². The number of benzene rings is 1. The van der Waals surface area contributed by atoms with Gasteiger partial charge in [0, 0.05) is 0 Å². The number of aromatic nitrogens is 1. The van der Waals surface area contributed by atoms with Crippen molar-refractivity contribution in [2.45, 2.75) is 0 Å². The van der Waals surface area contributed by atoms with Crippen LogP contribution in [-0.4, -0.2) is 5.21 Å². The molecule has 2 N–H and O–H groups in total. The molecule has 1 aromatic heterocycles. The molecule has 0 saturated heterocycles. The molecule has 0 radical (unpaired) electrons. The van der Waals surface area contributed by atoms with E-state index in [1.165, 1.54) is 0 Å².